The van der Waals surface area contributed by atoms with Crippen LogP contribution in [0.25, 0.3) is 0 Å². The summed E-state index contributed by atoms with van der Waals surface area (Å²) in [7, 11) is 0. The first kappa shape index (κ1) is 18.2. The average Bonchev–Trinajstić information content (AvgIpc) is 2.46. The maximum absolute atomic E-state index is 11.8. The smallest absolute Gasteiger partial charge is 0.306 e. The van der Waals surface area contributed by atoms with E-state index >= 15 is 0 Å². The van der Waals surface area contributed by atoms with Gasteiger partial charge in [0.2, 0.25) is 0 Å². The molecule has 0 amide bonds. The van der Waals surface area contributed by atoms with Gasteiger partial charge in [-0.25, -0.2) is 0 Å². The second-order valence-corrected chi connectivity index (χ2v) is 7.73. The number of carbonyl (C=O) groups excluding carboxylic acids is 1. The first-order chi connectivity index (χ1) is 10.9. The fourth-order valence-corrected chi connectivity index (χ4v) is 3.73. The van der Waals surface area contributed by atoms with Crippen LogP contribution in [0.5, 0.6) is 0 Å². The molecule has 5 nitrogen and oxygen atoms in total. The Hall–Kier alpha value is -1.12. The monoisotopic (exact) mass is 322 g/mol. The number of ether oxygens (including phenoxy) is 2. The van der Waals surface area contributed by atoms with Crippen molar-refractivity contribution in [3.05, 3.63) is 0 Å². The van der Waals surface area contributed by atoms with Crippen LogP contribution >= 0.6 is 0 Å². The molecule has 0 unspecified atom stereocenters. The molecule has 2 rings (SSSR count). The lowest BCUT2D eigenvalue weighted by Gasteiger charge is -2.48. The Kier molecular flexibility index (Phi) is 6.05. The van der Waals surface area contributed by atoms with Crippen LogP contribution in [0.4, 0.5) is 0 Å². The Bertz CT molecular complexity index is 439. The molecule has 0 N–H and O–H groups in total. The zero-order chi connectivity index (χ0) is 16.9. The molecule has 2 fully saturated rings. The quantitative estimate of drug-likeness (QED) is 0.744. The summed E-state index contributed by atoms with van der Waals surface area (Å²) >= 11 is 0. The average molecular weight is 322 g/mol. The number of hydrogen-bond donors (Lipinski definition) is 0. The van der Waals surface area contributed by atoms with Gasteiger partial charge < -0.3 is 9.47 Å². The maximum Gasteiger partial charge on any atom is 0.306 e. The highest BCUT2D eigenvalue weighted by Crippen LogP contribution is 2.38. The minimum absolute atomic E-state index is 0.161. The number of hydrogen-bond acceptors (Lipinski definition) is 5. The van der Waals surface area contributed by atoms with E-state index in [0.29, 0.717) is 6.42 Å². The number of nitrogens with zero attached hydrogens (tertiary/aromatic N) is 2. The molecule has 0 aromatic heterocycles. The van der Waals surface area contributed by atoms with E-state index in [-0.39, 0.29) is 17.6 Å². The third-order valence-corrected chi connectivity index (χ3v) is 4.66. The van der Waals surface area contributed by atoms with Crippen molar-refractivity contribution < 1.29 is 14.3 Å². The highest BCUT2D eigenvalue weighted by atomic mass is 16.6. The van der Waals surface area contributed by atoms with Gasteiger partial charge >= 0.3 is 5.97 Å². The van der Waals surface area contributed by atoms with Gasteiger partial charge in [-0.2, -0.15) is 5.26 Å². The molecule has 2 aliphatic heterocycles. The fourth-order valence-electron chi connectivity index (χ4n) is 3.73. The number of carbonyl (C=O) groups is 1. The van der Waals surface area contributed by atoms with Gasteiger partial charge in [0, 0.05) is 19.6 Å². The van der Waals surface area contributed by atoms with Crippen molar-refractivity contribution in [1.29, 1.82) is 5.26 Å². The highest BCUT2D eigenvalue weighted by Gasteiger charge is 2.46. The largest absolute Gasteiger partial charge is 0.460 e. The van der Waals surface area contributed by atoms with Gasteiger partial charge in [0.25, 0.3) is 0 Å². The molecule has 2 aliphatic rings. The zero-order valence-electron chi connectivity index (χ0n) is 14.8. The molecular formula is C18H30N2O3. The summed E-state index contributed by atoms with van der Waals surface area (Å²) in [4.78, 5) is 14.0. The van der Waals surface area contributed by atoms with Gasteiger partial charge in [-0.3, -0.25) is 9.69 Å². The number of nitriles is 1. The van der Waals surface area contributed by atoms with E-state index in [2.05, 4.69) is 11.0 Å². The van der Waals surface area contributed by atoms with Crippen molar-refractivity contribution in [2.75, 3.05) is 19.7 Å². The van der Waals surface area contributed by atoms with Crippen molar-refractivity contribution in [3.63, 3.8) is 0 Å². The summed E-state index contributed by atoms with van der Waals surface area (Å²) in [5, 5.41) is 9.68. The molecule has 0 saturated carbocycles. The molecule has 2 saturated heterocycles. The molecule has 130 valence electrons. The Morgan fingerprint density at radius 1 is 1.35 bits per heavy atom. The van der Waals surface area contributed by atoms with Crippen molar-refractivity contribution >= 4 is 5.97 Å². The van der Waals surface area contributed by atoms with Crippen LogP contribution in [0.1, 0.15) is 65.7 Å². The topological polar surface area (TPSA) is 62.6 Å². The number of esters is 1. The molecule has 2 atom stereocenters. The number of rotatable bonds is 4. The zero-order valence-corrected chi connectivity index (χ0v) is 14.8. The molecule has 2 heterocycles. The lowest BCUT2D eigenvalue weighted by atomic mass is 9.79. The van der Waals surface area contributed by atoms with Gasteiger partial charge in [0.05, 0.1) is 11.7 Å². The predicted octanol–water partition coefficient (Wildman–Crippen LogP) is 3.04. The van der Waals surface area contributed by atoms with Crippen LogP contribution in [-0.4, -0.2) is 47.8 Å². The molecule has 0 bridgehead atoms. The second-order valence-electron chi connectivity index (χ2n) is 7.73. The van der Waals surface area contributed by atoms with E-state index in [9.17, 15) is 10.1 Å². The molecule has 0 aromatic rings. The van der Waals surface area contributed by atoms with Crippen molar-refractivity contribution in [2.24, 2.45) is 0 Å². The van der Waals surface area contributed by atoms with Crippen LogP contribution in [0.2, 0.25) is 0 Å². The summed E-state index contributed by atoms with van der Waals surface area (Å²) in [6.45, 7) is 8.08. The Labute approximate surface area is 139 Å². The van der Waals surface area contributed by atoms with Crippen molar-refractivity contribution in [2.45, 2.75) is 83.0 Å². The minimum atomic E-state index is -0.433. The summed E-state index contributed by atoms with van der Waals surface area (Å²) < 4.78 is 11.4. The third-order valence-electron chi connectivity index (χ3n) is 4.66. The van der Waals surface area contributed by atoms with Gasteiger partial charge in [-0.05, 0) is 65.8 Å². The lowest BCUT2D eigenvalue weighted by Crippen LogP contribution is -2.58. The van der Waals surface area contributed by atoms with E-state index in [1.807, 2.05) is 20.8 Å². The molecule has 0 radical (unpaired) electrons. The summed E-state index contributed by atoms with van der Waals surface area (Å²) in [6, 6.07) is 2.29. The van der Waals surface area contributed by atoms with Gasteiger partial charge in [-0.15, -0.1) is 0 Å². The van der Waals surface area contributed by atoms with Gasteiger partial charge in [0.1, 0.15) is 11.6 Å². The molecule has 23 heavy (non-hydrogen) atoms. The van der Waals surface area contributed by atoms with Crippen LogP contribution in [0.15, 0.2) is 0 Å². The normalized spacial score (nSPS) is 29.2. The minimum Gasteiger partial charge on any atom is -0.460 e. The van der Waals surface area contributed by atoms with Crippen molar-refractivity contribution in [3.8, 4) is 6.07 Å². The van der Waals surface area contributed by atoms with E-state index < -0.39 is 5.60 Å². The first-order valence-corrected chi connectivity index (χ1v) is 8.86. The fraction of sp³-hybridized carbons (Fsp3) is 0.889. The van der Waals surface area contributed by atoms with E-state index in [1.54, 1.807) is 0 Å². The Morgan fingerprint density at radius 3 is 2.70 bits per heavy atom. The van der Waals surface area contributed by atoms with Crippen LogP contribution < -0.4 is 0 Å². The van der Waals surface area contributed by atoms with E-state index in [0.717, 1.165) is 58.2 Å². The van der Waals surface area contributed by atoms with Crippen LogP contribution in [0.3, 0.4) is 0 Å². The summed E-state index contributed by atoms with van der Waals surface area (Å²) in [5.74, 6) is -0.161. The van der Waals surface area contributed by atoms with Crippen LogP contribution in [-0.2, 0) is 14.3 Å². The van der Waals surface area contributed by atoms with Crippen LogP contribution in [0, 0.1) is 11.3 Å². The van der Waals surface area contributed by atoms with Gasteiger partial charge in [-0.1, -0.05) is 0 Å². The molecule has 0 aromatic carbocycles. The standard InChI is InChI=1S/C18H30N2O3/c1-17(2,3)23-16(21)8-6-11-20-12-7-10-18(15(20)14-19)9-4-5-13-22-18/h15H,4-13H2,1-3H3/t15-,18+/m0/s1. The molecule has 1 spiro atoms. The number of piperidine rings is 1. The highest BCUT2D eigenvalue weighted by molar-refractivity contribution is 5.69. The van der Waals surface area contributed by atoms with Gasteiger partial charge in [0.15, 0.2) is 0 Å². The lowest BCUT2D eigenvalue weighted by molar-refractivity contribution is -0.155. The second kappa shape index (κ2) is 7.63. The summed E-state index contributed by atoms with van der Waals surface area (Å²) in [6.07, 6.45) is 6.39. The Morgan fingerprint density at radius 2 is 2.09 bits per heavy atom. The van der Waals surface area contributed by atoms with E-state index in [4.69, 9.17) is 9.47 Å². The first-order valence-electron chi connectivity index (χ1n) is 8.86. The maximum atomic E-state index is 11.8. The van der Waals surface area contributed by atoms with E-state index in [1.165, 1.54) is 0 Å². The molecular weight excluding hydrogens is 292 g/mol. The predicted molar refractivity (Wildman–Crippen MR) is 87.8 cm³/mol. The third kappa shape index (κ3) is 4.92. The van der Waals surface area contributed by atoms with Crippen molar-refractivity contribution in [1.82, 2.24) is 4.90 Å². The number of likely N-dealkylation sites (tertiary alicyclic amines) is 1. The molecule has 0 aliphatic carbocycles. The summed E-state index contributed by atoms with van der Waals surface area (Å²) in [5.41, 5.74) is -0.714. The molecule has 5 heteroatoms. The Balaban J connectivity index is 1.86. The SMILES string of the molecule is CC(C)(C)OC(=O)CCCN1CCC[C@]2(CCCCO2)[C@@H]1C#N.